The third kappa shape index (κ3) is 3.47. The van der Waals surface area contributed by atoms with E-state index < -0.39 is 9.84 Å². The maximum Gasteiger partial charge on any atom is 0.229 e. The van der Waals surface area contributed by atoms with Gasteiger partial charge in [-0.25, -0.2) is 13.4 Å². The van der Waals surface area contributed by atoms with Gasteiger partial charge in [0.25, 0.3) is 0 Å². The summed E-state index contributed by atoms with van der Waals surface area (Å²) in [6.45, 7) is 0.577. The summed E-state index contributed by atoms with van der Waals surface area (Å²) in [5.74, 6) is 0.589. The Kier molecular flexibility index (Phi) is 5.03. The fourth-order valence-electron chi connectivity index (χ4n) is 3.66. The van der Waals surface area contributed by atoms with Gasteiger partial charge in [-0.15, -0.1) is 5.10 Å². The first kappa shape index (κ1) is 20.4. The summed E-state index contributed by atoms with van der Waals surface area (Å²) in [6.07, 6.45) is 0. The molecule has 5 aromatic rings. The van der Waals surface area contributed by atoms with E-state index in [1.807, 2.05) is 42.3 Å². The molecule has 0 atom stereocenters. The highest BCUT2D eigenvalue weighted by Gasteiger charge is 2.27. The zero-order valence-electron chi connectivity index (χ0n) is 17.1. The first-order valence-corrected chi connectivity index (χ1v) is 11.7. The minimum Gasteiger partial charge on any atom is -0.355 e. The van der Waals surface area contributed by atoms with Crippen LogP contribution in [0.4, 0.5) is 5.82 Å². The minimum absolute atomic E-state index is 0.139. The lowest BCUT2D eigenvalue weighted by Crippen LogP contribution is -2.19. The smallest absolute Gasteiger partial charge is 0.229 e. The van der Waals surface area contributed by atoms with Gasteiger partial charge in [0.1, 0.15) is 5.82 Å². The van der Waals surface area contributed by atoms with E-state index in [0.29, 0.717) is 22.9 Å². The van der Waals surface area contributed by atoms with Crippen LogP contribution in [0.15, 0.2) is 88.8 Å². The number of benzene rings is 3. The molecule has 0 aliphatic heterocycles. The summed E-state index contributed by atoms with van der Waals surface area (Å²) < 4.78 is 28.0. The highest BCUT2D eigenvalue weighted by atomic mass is 35.5. The zero-order chi connectivity index (χ0) is 22.3. The molecule has 0 N–H and O–H groups in total. The van der Waals surface area contributed by atoms with Crippen molar-refractivity contribution in [3.63, 3.8) is 0 Å². The monoisotopic (exact) mass is 463 g/mol. The van der Waals surface area contributed by atoms with E-state index in [9.17, 15) is 8.42 Å². The van der Waals surface area contributed by atoms with Crippen molar-refractivity contribution < 1.29 is 8.42 Å². The highest BCUT2D eigenvalue weighted by Crippen LogP contribution is 2.31. The molecule has 9 heteroatoms. The predicted molar refractivity (Wildman–Crippen MR) is 124 cm³/mol. The average molecular weight is 464 g/mol. The van der Waals surface area contributed by atoms with Crippen molar-refractivity contribution in [1.29, 1.82) is 0 Å². The van der Waals surface area contributed by atoms with E-state index in [2.05, 4.69) is 10.3 Å². The number of fused-ring (bicyclic) bond motifs is 3. The number of hydrogen-bond donors (Lipinski definition) is 0. The summed E-state index contributed by atoms with van der Waals surface area (Å²) >= 11 is 6.28. The molecular weight excluding hydrogens is 446 g/mol. The largest absolute Gasteiger partial charge is 0.355 e. The van der Waals surface area contributed by atoms with Crippen LogP contribution in [0.2, 0.25) is 5.02 Å². The number of hydrogen-bond acceptors (Lipinski definition) is 6. The lowest BCUT2D eigenvalue weighted by Gasteiger charge is -2.20. The summed E-state index contributed by atoms with van der Waals surface area (Å²) in [4.78, 5) is 6.82. The second-order valence-electron chi connectivity index (χ2n) is 7.39. The molecule has 0 amide bonds. The van der Waals surface area contributed by atoms with Gasteiger partial charge < -0.3 is 4.90 Å². The molecule has 0 aliphatic rings. The van der Waals surface area contributed by atoms with Crippen molar-refractivity contribution in [2.45, 2.75) is 16.5 Å². The van der Waals surface area contributed by atoms with E-state index >= 15 is 0 Å². The van der Waals surface area contributed by atoms with Gasteiger partial charge in [0.2, 0.25) is 14.9 Å². The number of nitrogens with zero attached hydrogens (tertiary/aromatic N) is 5. The van der Waals surface area contributed by atoms with Crippen LogP contribution >= 0.6 is 11.6 Å². The number of sulfone groups is 1. The third-order valence-electron chi connectivity index (χ3n) is 5.19. The van der Waals surface area contributed by atoms with Crippen molar-refractivity contribution >= 4 is 43.8 Å². The van der Waals surface area contributed by atoms with Crippen LogP contribution in [0.5, 0.6) is 0 Å². The van der Waals surface area contributed by atoms with Crippen molar-refractivity contribution in [2.24, 2.45) is 0 Å². The fourth-order valence-corrected chi connectivity index (χ4v) is 5.09. The maximum absolute atomic E-state index is 13.3. The first-order chi connectivity index (χ1) is 15.4. The summed E-state index contributed by atoms with van der Waals surface area (Å²) in [5, 5.41) is 9.24. The number of halogens is 1. The molecule has 0 spiro atoms. The molecule has 3 aromatic carbocycles. The van der Waals surface area contributed by atoms with E-state index in [-0.39, 0.29) is 15.6 Å². The lowest BCUT2D eigenvalue weighted by molar-refractivity contribution is 0.592. The molecule has 0 unspecified atom stereocenters. The Morgan fingerprint density at radius 2 is 1.66 bits per heavy atom. The SMILES string of the molecule is CN(Cc1ccccc1)c1nc2c(S(=O)(=O)c3ccccc3)nnn2c2ccc(Cl)cc12. The lowest BCUT2D eigenvalue weighted by atomic mass is 10.2. The van der Waals surface area contributed by atoms with Gasteiger partial charge in [-0.2, -0.15) is 4.52 Å². The topological polar surface area (TPSA) is 80.5 Å². The second kappa shape index (κ2) is 7.89. The van der Waals surface area contributed by atoms with Gasteiger partial charge in [-0.3, -0.25) is 0 Å². The molecule has 0 bridgehead atoms. The van der Waals surface area contributed by atoms with Gasteiger partial charge >= 0.3 is 0 Å². The standard InChI is InChI=1S/C23H18ClN5O2S/c1-28(15-16-8-4-2-5-9-16)21-19-14-17(24)12-13-20(19)29-22(25-21)23(26-27-29)32(30,31)18-10-6-3-7-11-18/h2-14H,15H2,1H3. The Balaban J connectivity index is 1.74. The normalized spacial score (nSPS) is 11.8. The predicted octanol–water partition coefficient (Wildman–Crippen LogP) is 4.40. The molecule has 7 nitrogen and oxygen atoms in total. The molecular formula is C23H18ClN5O2S. The summed E-state index contributed by atoms with van der Waals surface area (Å²) in [7, 11) is -2.00. The van der Waals surface area contributed by atoms with Gasteiger partial charge in [0, 0.05) is 24.0 Å². The Labute approximate surface area is 189 Å². The van der Waals surface area contributed by atoms with E-state index in [4.69, 9.17) is 16.6 Å². The van der Waals surface area contributed by atoms with E-state index in [1.165, 1.54) is 16.6 Å². The Bertz CT molecular complexity index is 1540. The van der Waals surface area contributed by atoms with Crippen molar-refractivity contribution in [3.05, 3.63) is 89.4 Å². The second-order valence-corrected chi connectivity index (χ2v) is 9.69. The highest BCUT2D eigenvalue weighted by molar-refractivity contribution is 7.91. The molecule has 32 heavy (non-hydrogen) atoms. The number of aromatic nitrogens is 4. The molecule has 0 aliphatic carbocycles. The molecule has 2 heterocycles. The van der Waals surface area contributed by atoms with Crippen LogP contribution in [0.1, 0.15) is 5.56 Å². The third-order valence-corrected chi connectivity index (χ3v) is 7.09. The average Bonchev–Trinajstić information content (AvgIpc) is 3.24. The van der Waals surface area contributed by atoms with Crippen molar-refractivity contribution in [2.75, 3.05) is 11.9 Å². The molecule has 0 fully saturated rings. The van der Waals surface area contributed by atoms with Crippen molar-refractivity contribution in [1.82, 2.24) is 19.8 Å². The molecule has 0 saturated heterocycles. The molecule has 5 rings (SSSR count). The first-order valence-electron chi connectivity index (χ1n) is 9.85. The molecule has 0 saturated carbocycles. The van der Waals surface area contributed by atoms with E-state index in [1.54, 1.807) is 36.4 Å². The molecule has 0 radical (unpaired) electrons. The van der Waals surface area contributed by atoms with Crippen LogP contribution in [-0.2, 0) is 16.4 Å². The molecule has 2 aromatic heterocycles. The van der Waals surface area contributed by atoms with Gasteiger partial charge in [0.15, 0.2) is 5.65 Å². The van der Waals surface area contributed by atoms with Gasteiger partial charge in [-0.05, 0) is 35.9 Å². The zero-order valence-corrected chi connectivity index (χ0v) is 18.6. The quantitative estimate of drug-likeness (QED) is 0.384. The number of anilines is 1. The van der Waals surface area contributed by atoms with Gasteiger partial charge in [0.05, 0.1) is 10.4 Å². The van der Waals surface area contributed by atoms with Crippen LogP contribution in [0.3, 0.4) is 0 Å². The molecule has 160 valence electrons. The Morgan fingerprint density at radius 1 is 0.969 bits per heavy atom. The van der Waals surface area contributed by atoms with Crippen molar-refractivity contribution in [3.8, 4) is 0 Å². The Morgan fingerprint density at radius 3 is 2.38 bits per heavy atom. The van der Waals surface area contributed by atoms with Crippen LogP contribution < -0.4 is 4.90 Å². The fraction of sp³-hybridized carbons (Fsp3) is 0.0870. The van der Waals surface area contributed by atoms with E-state index in [0.717, 1.165) is 10.9 Å². The maximum atomic E-state index is 13.3. The minimum atomic E-state index is -3.90. The van der Waals surface area contributed by atoms with Crippen LogP contribution in [-0.4, -0.2) is 35.3 Å². The summed E-state index contributed by atoms with van der Waals surface area (Å²) in [6, 6.07) is 23.4. The number of rotatable bonds is 5. The van der Waals surface area contributed by atoms with Gasteiger partial charge in [-0.1, -0.05) is 65.3 Å². The van der Waals surface area contributed by atoms with Crippen LogP contribution in [0.25, 0.3) is 16.6 Å². The van der Waals surface area contributed by atoms with Crippen LogP contribution in [0, 0.1) is 0 Å². The summed E-state index contributed by atoms with van der Waals surface area (Å²) in [5.41, 5.74) is 1.92. The Hall–Kier alpha value is -3.49.